The Morgan fingerprint density at radius 2 is 1.83 bits per heavy atom. The minimum Gasteiger partial charge on any atom is -0.460 e. The smallest absolute Gasteiger partial charge is 0.306 e. The average molecular weight is 255 g/mol. The molecule has 1 fully saturated rings. The maximum atomic E-state index is 12.0. The molecule has 0 spiro atoms. The van der Waals surface area contributed by atoms with Crippen molar-refractivity contribution in [3.05, 3.63) is 0 Å². The van der Waals surface area contributed by atoms with Crippen molar-refractivity contribution in [1.29, 1.82) is 0 Å². The molecule has 1 amide bonds. The lowest BCUT2D eigenvalue weighted by atomic mass is 10.0. The summed E-state index contributed by atoms with van der Waals surface area (Å²) in [7, 11) is 0. The molecule has 0 aliphatic carbocycles. The number of carbonyl (C=O) groups excluding carboxylic acids is 2. The molecule has 0 bridgehead atoms. The van der Waals surface area contributed by atoms with Gasteiger partial charge >= 0.3 is 5.97 Å². The third-order valence-electron chi connectivity index (χ3n) is 3.17. The molecule has 0 N–H and O–H groups in total. The normalized spacial score (nSPS) is 18.8. The van der Waals surface area contributed by atoms with E-state index in [9.17, 15) is 9.59 Å². The van der Waals surface area contributed by atoms with E-state index in [2.05, 4.69) is 13.8 Å². The summed E-state index contributed by atoms with van der Waals surface area (Å²) in [6.45, 7) is 10.4. The van der Waals surface area contributed by atoms with E-state index in [-0.39, 0.29) is 30.3 Å². The maximum absolute atomic E-state index is 12.0. The van der Waals surface area contributed by atoms with Gasteiger partial charge in [0.1, 0.15) is 5.60 Å². The highest BCUT2D eigenvalue weighted by molar-refractivity contribution is 5.82. The second-order valence-corrected chi connectivity index (χ2v) is 6.55. The van der Waals surface area contributed by atoms with Gasteiger partial charge in [0, 0.05) is 18.5 Å². The minimum atomic E-state index is -0.479. The molecule has 1 aliphatic rings. The van der Waals surface area contributed by atoms with Gasteiger partial charge in [-0.15, -0.1) is 0 Å². The first-order valence-electron chi connectivity index (χ1n) is 6.64. The van der Waals surface area contributed by atoms with Crippen LogP contribution in [0.15, 0.2) is 0 Å². The van der Waals surface area contributed by atoms with Gasteiger partial charge in [-0.3, -0.25) is 9.59 Å². The first-order chi connectivity index (χ1) is 8.12. The zero-order valence-corrected chi connectivity index (χ0v) is 12.2. The van der Waals surface area contributed by atoms with Crippen molar-refractivity contribution in [3.63, 3.8) is 0 Å². The highest BCUT2D eigenvalue weighted by Gasteiger charge is 2.35. The molecule has 18 heavy (non-hydrogen) atoms. The van der Waals surface area contributed by atoms with Crippen molar-refractivity contribution in [3.8, 4) is 0 Å². The van der Waals surface area contributed by atoms with E-state index in [1.165, 1.54) is 0 Å². The largest absolute Gasteiger partial charge is 0.460 e. The monoisotopic (exact) mass is 255 g/mol. The van der Waals surface area contributed by atoms with Crippen molar-refractivity contribution in [2.24, 2.45) is 0 Å². The van der Waals surface area contributed by atoms with Gasteiger partial charge in [-0.05, 0) is 47.5 Å². The number of rotatable bonds is 3. The second-order valence-electron chi connectivity index (χ2n) is 6.55. The van der Waals surface area contributed by atoms with E-state index in [1.54, 1.807) is 0 Å². The fraction of sp³-hybridized carbons (Fsp3) is 0.857. The Kier molecular flexibility index (Phi) is 4.41. The molecule has 4 nitrogen and oxygen atoms in total. The number of likely N-dealkylation sites (tertiary alicyclic amines) is 1. The van der Waals surface area contributed by atoms with Crippen LogP contribution in [0.4, 0.5) is 0 Å². The van der Waals surface area contributed by atoms with Crippen LogP contribution in [-0.4, -0.2) is 34.5 Å². The van der Waals surface area contributed by atoms with Crippen molar-refractivity contribution < 1.29 is 14.3 Å². The predicted molar refractivity (Wildman–Crippen MR) is 70.1 cm³/mol. The van der Waals surface area contributed by atoms with Gasteiger partial charge in [0.25, 0.3) is 0 Å². The molecule has 0 atom stereocenters. The summed E-state index contributed by atoms with van der Waals surface area (Å²) in [5.74, 6) is -0.240. The zero-order valence-electron chi connectivity index (χ0n) is 12.2. The molecule has 0 aromatic rings. The molecule has 0 radical (unpaired) electrons. The Morgan fingerprint density at radius 1 is 1.22 bits per heavy atom. The summed E-state index contributed by atoms with van der Waals surface area (Å²) in [6.07, 6.45) is 2.50. The Hall–Kier alpha value is -1.06. The van der Waals surface area contributed by atoms with E-state index < -0.39 is 5.60 Å². The van der Waals surface area contributed by atoms with Gasteiger partial charge in [0.2, 0.25) is 5.91 Å². The number of hydrogen-bond donors (Lipinski definition) is 0. The van der Waals surface area contributed by atoms with Crippen molar-refractivity contribution >= 4 is 11.9 Å². The van der Waals surface area contributed by atoms with E-state index in [0.29, 0.717) is 0 Å². The number of amides is 1. The Bertz CT molecular complexity index is 328. The molecule has 0 saturated carbocycles. The van der Waals surface area contributed by atoms with E-state index in [4.69, 9.17) is 4.74 Å². The van der Waals surface area contributed by atoms with Crippen LogP contribution in [0.3, 0.4) is 0 Å². The molecule has 1 heterocycles. The molecule has 0 aromatic carbocycles. The van der Waals surface area contributed by atoms with E-state index in [1.807, 2.05) is 25.7 Å². The van der Waals surface area contributed by atoms with Gasteiger partial charge in [-0.1, -0.05) is 0 Å². The molecule has 0 unspecified atom stereocenters. The van der Waals surface area contributed by atoms with Crippen LogP contribution in [0.5, 0.6) is 0 Å². The quantitative estimate of drug-likeness (QED) is 0.728. The van der Waals surface area contributed by atoms with E-state index >= 15 is 0 Å². The number of nitrogens with zero attached hydrogens (tertiary/aromatic N) is 1. The molecule has 1 rings (SSSR count). The van der Waals surface area contributed by atoms with Crippen LogP contribution in [0.1, 0.15) is 60.3 Å². The molecule has 4 heteroatoms. The van der Waals surface area contributed by atoms with Crippen LogP contribution >= 0.6 is 0 Å². The van der Waals surface area contributed by atoms with Gasteiger partial charge < -0.3 is 9.64 Å². The fourth-order valence-corrected chi connectivity index (χ4v) is 2.31. The van der Waals surface area contributed by atoms with Crippen LogP contribution in [0.25, 0.3) is 0 Å². The summed E-state index contributed by atoms with van der Waals surface area (Å²) in [4.78, 5) is 25.5. The first-order valence-corrected chi connectivity index (χ1v) is 6.64. The molecule has 104 valence electrons. The average Bonchev–Trinajstić information content (AvgIpc) is 2.52. The standard InChI is InChI=1S/C14H25NO3/c1-13(2,3)18-12(17)8-7-11(16)15-10-6-9-14(15,4)5/h6-10H2,1-5H3. The summed E-state index contributed by atoms with van der Waals surface area (Å²) >= 11 is 0. The lowest BCUT2D eigenvalue weighted by Gasteiger charge is -2.31. The summed E-state index contributed by atoms with van der Waals surface area (Å²) in [5.41, 5.74) is -0.544. The van der Waals surface area contributed by atoms with Crippen LogP contribution < -0.4 is 0 Å². The SMILES string of the molecule is CC(C)(C)OC(=O)CCC(=O)N1CCCC1(C)C. The van der Waals surface area contributed by atoms with Crippen LogP contribution in [0.2, 0.25) is 0 Å². The summed E-state index contributed by atoms with van der Waals surface area (Å²) in [6, 6.07) is 0. The molecule has 0 aromatic heterocycles. The highest BCUT2D eigenvalue weighted by atomic mass is 16.6. The first kappa shape index (κ1) is 15.0. The molecule has 1 aliphatic heterocycles. The van der Waals surface area contributed by atoms with Gasteiger partial charge in [-0.2, -0.15) is 0 Å². The second kappa shape index (κ2) is 5.29. The Labute approximate surface area is 110 Å². The highest BCUT2D eigenvalue weighted by Crippen LogP contribution is 2.28. The predicted octanol–water partition coefficient (Wildman–Crippen LogP) is 2.51. The van der Waals surface area contributed by atoms with E-state index in [0.717, 1.165) is 19.4 Å². The maximum Gasteiger partial charge on any atom is 0.306 e. The van der Waals surface area contributed by atoms with Crippen LogP contribution in [0, 0.1) is 0 Å². The Morgan fingerprint density at radius 3 is 2.28 bits per heavy atom. The Balaban J connectivity index is 2.40. The van der Waals surface area contributed by atoms with Crippen LogP contribution in [-0.2, 0) is 14.3 Å². The topological polar surface area (TPSA) is 46.6 Å². The lowest BCUT2D eigenvalue weighted by molar-refractivity contribution is -0.156. The third kappa shape index (κ3) is 4.31. The fourth-order valence-electron chi connectivity index (χ4n) is 2.31. The van der Waals surface area contributed by atoms with Gasteiger partial charge in [-0.25, -0.2) is 0 Å². The molecular formula is C14H25NO3. The lowest BCUT2D eigenvalue weighted by Crippen LogP contribution is -2.42. The molecule has 1 saturated heterocycles. The van der Waals surface area contributed by atoms with Gasteiger partial charge in [0.15, 0.2) is 0 Å². The summed E-state index contributed by atoms with van der Waals surface area (Å²) < 4.78 is 5.19. The summed E-state index contributed by atoms with van der Waals surface area (Å²) in [5, 5.41) is 0. The third-order valence-corrected chi connectivity index (χ3v) is 3.17. The van der Waals surface area contributed by atoms with Crippen molar-refractivity contribution in [2.75, 3.05) is 6.54 Å². The zero-order chi connectivity index (χ0) is 14.0. The van der Waals surface area contributed by atoms with Crippen molar-refractivity contribution in [2.45, 2.75) is 71.4 Å². The number of carbonyl (C=O) groups is 2. The minimum absolute atomic E-state index is 0.0587. The number of ether oxygens (including phenoxy) is 1. The van der Waals surface area contributed by atoms with Gasteiger partial charge in [0.05, 0.1) is 6.42 Å². The number of esters is 1. The number of hydrogen-bond acceptors (Lipinski definition) is 3. The molecular weight excluding hydrogens is 230 g/mol. The van der Waals surface area contributed by atoms with Crippen molar-refractivity contribution in [1.82, 2.24) is 4.90 Å².